The first kappa shape index (κ1) is 14.1. The molecule has 0 spiro atoms. The van der Waals surface area contributed by atoms with Crippen LogP contribution >= 0.6 is 0 Å². The number of hydrogen-bond donors (Lipinski definition) is 2. The van der Waals surface area contributed by atoms with Crippen LogP contribution in [0.4, 0.5) is 10.1 Å². The van der Waals surface area contributed by atoms with E-state index in [2.05, 4.69) is 24.4 Å². The molecule has 21 heavy (non-hydrogen) atoms. The predicted molar refractivity (Wildman–Crippen MR) is 85.0 cm³/mol. The zero-order chi connectivity index (χ0) is 14.8. The van der Waals surface area contributed by atoms with Gasteiger partial charge in [-0.3, -0.25) is 0 Å². The number of nitrogens with one attached hydrogen (secondary N) is 1. The van der Waals surface area contributed by atoms with Gasteiger partial charge in [-0.25, -0.2) is 4.39 Å². The quantitative estimate of drug-likeness (QED) is 0.829. The standard InChI is InChI=1S/C18H21FN2/c1-12-10-21-11-14(8-13-2-4-15(19)5-3-13)17-7-6-16(20)9-18(12)17/h2-7,9,12,14,21H,8,10-11,20H2,1H3/t12?,14-/m1/s1. The number of anilines is 1. The Morgan fingerprint density at radius 2 is 1.86 bits per heavy atom. The van der Waals surface area contributed by atoms with Gasteiger partial charge >= 0.3 is 0 Å². The highest BCUT2D eigenvalue weighted by atomic mass is 19.1. The maximum absolute atomic E-state index is 13.0. The zero-order valence-corrected chi connectivity index (χ0v) is 12.3. The highest BCUT2D eigenvalue weighted by Gasteiger charge is 2.22. The molecule has 110 valence electrons. The molecule has 2 aromatic carbocycles. The lowest BCUT2D eigenvalue weighted by Gasteiger charge is -2.19. The molecule has 1 aliphatic heterocycles. The van der Waals surface area contributed by atoms with E-state index in [0.29, 0.717) is 11.8 Å². The third kappa shape index (κ3) is 3.08. The van der Waals surface area contributed by atoms with Crippen molar-refractivity contribution in [2.45, 2.75) is 25.2 Å². The summed E-state index contributed by atoms with van der Waals surface area (Å²) in [5.41, 5.74) is 10.6. The fraction of sp³-hybridized carbons (Fsp3) is 0.333. The molecule has 1 aliphatic rings. The Morgan fingerprint density at radius 1 is 1.10 bits per heavy atom. The molecule has 0 bridgehead atoms. The number of rotatable bonds is 2. The van der Waals surface area contributed by atoms with E-state index in [4.69, 9.17) is 5.73 Å². The second-order valence-corrected chi connectivity index (χ2v) is 5.98. The number of nitrogen functional groups attached to an aromatic ring is 1. The number of benzene rings is 2. The SMILES string of the molecule is CC1CNC[C@@H](Cc2ccc(F)cc2)c2ccc(N)cc21. The van der Waals surface area contributed by atoms with E-state index in [1.807, 2.05) is 18.2 Å². The van der Waals surface area contributed by atoms with Crippen LogP contribution in [-0.4, -0.2) is 13.1 Å². The molecule has 2 atom stereocenters. The Morgan fingerprint density at radius 3 is 2.62 bits per heavy atom. The minimum absolute atomic E-state index is 0.181. The molecule has 2 aromatic rings. The van der Waals surface area contributed by atoms with Gasteiger partial charge in [0.05, 0.1) is 0 Å². The summed E-state index contributed by atoms with van der Waals surface area (Å²) in [5, 5.41) is 3.53. The molecule has 0 fully saturated rings. The normalized spacial score (nSPS) is 21.6. The summed E-state index contributed by atoms with van der Waals surface area (Å²) in [6.45, 7) is 4.14. The molecule has 1 heterocycles. The van der Waals surface area contributed by atoms with Gasteiger partial charge in [0, 0.05) is 24.7 Å². The van der Waals surface area contributed by atoms with Crippen molar-refractivity contribution < 1.29 is 4.39 Å². The van der Waals surface area contributed by atoms with Gasteiger partial charge in [-0.15, -0.1) is 0 Å². The summed E-state index contributed by atoms with van der Waals surface area (Å²) in [6.07, 6.45) is 0.914. The van der Waals surface area contributed by atoms with Gasteiger partial charge in [-0.1, -0.05) is 25.1 Å². The Bertz CT molecular complexity index is 622. The van der Waals surface area contributed by atoms with Crippen LogP contribution < -0.4 is 11.1 Å². The van der Waals surface area contributed by atoms with Crippen LogP contribution in [0, 0.1) is 5.82 Å². The molecular formula is C18H21FN2. The van der Waals surface area contributed by atoms with Crippen LogP contribution in [-0.2, 0) is 6.42 Å². The van der Waals surface area contributed by atoms with Gasteiger partial charge < -0.3 is 11.1 Å². The van der Waals surface area contributed by atoms with E-state index in [9.17, 15) is 4.39 Å². The highest BCUT2D eigenvalue weighted by molar-refractivity contribution is 5.48. The van der Waals surface area contributed by atoms with Crippen LogP contribution in [0.2, 0.25) is 0 Å². The molecule has 0 saturated heterocycles. The van der Waals surface area contributed by atoms with Crippen molar-refractivity contribution in [3.63, 3.8) is 0 Å². The molecule has 1 unspecified atom stereocenters. The maximum Gasteiger partial charge on any atom is 0.123 e. The van der Waals surface area contributed by atoms with Crippen molar-refractivity contribution in [3.8, 4) is 0 Å². The van der Waals surface area contributed by atoms with Crippen LogP contribution in [0.5, 0.6) is 0 Å². The molecule has 3 N–H and O–H groups in total. The van der Waals surface area contributed by atoms with E-state index in [-0.39, 0.29) is 5.82 Å². The summed E-state index contributed by atoms with van der Waals surface area (Å²) in [5.74, 6) is 0.678. The largest absolute Gasteiger partial charge is 0.399 e. The predicted octanol–water partition coefficient (Wildman–Crippen LogP) is 3.44. The summed E-state index contributed by atoms with van der Waals surface area (Å²) in [6, 6.07) is 13.1. The second kappa shape index (κ2) is 5.86. The molecule has 2 nitrogen and oxygen atoms in total. The first-order valence-electron chi connectivity index (χ1n) is 7.48. The van der Waals surface area contributed by atoms with Gasteiger partial charge in [0.1, 0.15) is 5.82 Å². The maximum atomic E-state index is 13.0. The minimum atomic E-state index is -0.181. The molecule has 3 rings (SSSR count). The highest BCUT2D eigenvalue weighted by Crippen LogP contribution is 2.32. The second-order valence-electron chi connectivity index (χ2n) is 5.98. The first-order chi connectivity index (χ1) is 10.1. The van der Waals surface area contributed by atoms with Crippen molar-refractivity contribution in [2.24, 2.45) is 0 Å². The topological polar surface area (TPSA) is 38.0 Å². The number of nitrogens with two attached hydrogens (primary N) is 1. The molecule has 3 heteroatoms. The summed E-state index contributed by atoms with van der Waals surface area (Å²) >= 11 is 0. The van der Waals surface area contributed by atoms with Gasteiger partial charge in [0.2, 0.25) is 0 Å². The summed E-state index contributed by atoms with van der Waals surface area (Å²) in [4.78, 5) is 0. The van der Waals surface area contributed by atoms with Gasteiger partial charge in [0.15, 0.2) is 0 Å². The van der Waals surface area contributed by atoms with Crippen molar-refractivity contribution in [3.05, 3.63) is 65.0 Å². The lowest BCUT2D eigenvalue weighted by Crippen LogP contribution is -2.22. The number of fused-ring (bicyclic) bond motifs is 1. The minimum Gasteiger partial charge on any atom is -0.399 e. The molecule has 0 aromatic heterocycles. The Hall–Kier alpha value is -1.87. The van der Waals surface area contributed by atoms with Crippen LogP contribution in [0.25, 0.3) is 0 Å². The van der Waals surface area contributed by atoms with Crippen LogP contribution in [0.3, 0.4) is 0 Å². The van der Waals surface area contributed by atoms with E-state index >= 15 is 0 Å². The molecular weight excluding hydrogens is 263 g/mol. The third-order valence-corrected chi connectivity index (χ3v) is 4.32. The molecule has 0 saturated carbocycles. The fourth-order valence-corrected chi connectivity index (χ4v) is 3.17. The van der Waals surface area contributed by atoms with E-state index in [0.717, 1.165) is 25.2 Å². The monoisotopic (exact) mass is 284 g/mol. The van der Waals surface area contributed by atoms with Gasteiger partial charge in [0.25, 0.3) is 0 Å². The third-order valence-electron chi connectivity index (χ3n) is 4.32. The fourth-order valence-electron chi connectivity index (χ4n) is 3.17. The van der Waals surface area contributed by atoms with Crippen molar-refractivity contribution >= 4 is 5.69 Å². The van der Waals surface area contributed by atoms with Gasteiger partial charge in [-0.2, -0.15) is 0 Å². The molecule has 0 aliphatic carbocycles. The Balaban J connectivity index is 1.92. The van der Waals surface area contributed by atoms with Gasteiger partial charge in [-0.05, 0) is 53.3 Å². The van der Waals surface area contributed by atoms with E-state index in [1.54, 1.807) is 0 Å². The number of hydrogen-bond acceptors (Lipinski definition) is 2. The molecule has 0 amide bonds. The van der Waals surface area contributed by atoms with E-state index < -0.39 is 0 Å². The molecule has 0 radical (unpaired) electrons. The Labute approximate surface area is 125 Å². The van der Waals surface area contributed by atoms with E-state index in [1.165, 1.54) is 28.8 Å². The van der Waals surface area contributed by atoms with Crippen LogP contribution in [0.1, 0.15) is 35.4 Å². The lowest BCUT2D eigenvalue weighted by molar-refractivity contribution is 0.584. The summed E-state index contributed by atoms with van der Waals surface area (Å²) < 4.78 is 13.0. The number of halogens is 1. The van der Waals surface area contributed by atoms with Crippen LogP contribution in [0.15, 0.2) is 42.5 Å². The van der Waals surface area contributed by atoms with Crippen molar-refractivity contribution in [1.82, 2.24) is 5.32 Å². The first-order valence-corrected chi connectivity index (χ1v) is 7.48. The smallest absolute Gasteiger partial charge is 0.123 e. The summed E-state index contributed by atoms with van der Waals surface area (Å²) in [7, 11) is 0. The zero-order valence-electron chi connectivity index (χ0n) is 12.3. The average molecular weight is 284 g/mol. The van der Waals surface area contributed by atoms with Crippen molar-refractivity contribution in [1.29, 1.82) is 0 Å². The lowest BCUT2D eigenvalue weighted by atomic mass is 9.86. The average Bonchev–Trinajstić information content (AvgIpc) is 2.62. The van der Waals surface area contributed by atoms with Crippen molar-refractivity contribution in [2.75, 3.05) is 18.8 Å². The Kier molecular flexibility index (Phi) is 3.93.